The minimum atomic E-state index is -0.0542. The molecule has 0 bridgehead atoms. The van der Waals surface area contributed by atoms with Gasteiger partial charge in [-0.15, -0.1) is 0 Å². The fourth-order valence-corrected chi connectivity index (χ4v) is 5.67. The van der Waals surface area contributed by atoms with Crippen LogP contribution in [0.5, 0.6) is 34.5 Å². The zero-order valence-electron chi connectivity index (χ0n) is 31.9. The van der Waals surface area contributed by atoms with Gasteiger partial charge < -0.3 is 30.0 Å². The lowest BCUT2D eigenvalue weighted by molar-refractivity contribution is -0.116. The number of carbonyl (C=O) groups is 2. The van der Waals surface area contributed by atoms with Gasteiger partial charge in [-0.3, -0.25) is 9.59 Å². The quantitative estimate of drug-likeness (QED) is 0.108. The molecular weight excluding hydrogens is 713 g/mol. The third-order valence-corrected chi connectivity index (χ3v) is 8.79. The van der Waals surface area contributed by atoms with E-state index in [1.807, 2.05) is 166 Å². The van der Waals surface area contributed by atoms with Gasteiger partial charge in [-0.2, -0.15) is 0 Å². The van der Waals surface area contributed by atoms with E-state index in [1.54, 1.807) is 24.3 Å². The number of phenols is 1. The molecule has 0 atom stereocenters. The first-order chi connectivity index (χ1) is 27.8. The SMILES string of the molecule is Cc1ccccc1NC(=O)Cc1ccc(Oc2ccc(O)cc2)cc1.Cc1ccccc1NC(=O)Cc1ccc(Oc2ccc(OCc3ccccc3)cc2)cc1. The Morgan fingerprint density at radius 1 is 0.439 bits per heavy atom. The number of phenolic OH excluding ortho intramolecular Hbond substituents is 1. The number of rotatable bonds is 13. The summed E-state index contributed by atoms with van der Waals surface area (Å²) in [5.74, 6) is 3.64. The number of ether oxygens (including phenoxy) is 3. The molecule has 0 aliphatic carbocycles. The van der Waals surface area contributed by atoms with Crippen LogP contribution in [0.25, 0.3) is 0 Å². The highest BCUT2D eigenvalue weighted by Crippen LogP contribution is 2.26. The molecule has 0 unspecified atom stereocenters. The summed E-state index contributed by atoms with van der Waals surface area (Å²) in [6, 6.07) is 54.5. The average molecular weight is 757 g/mol. The van der Waals surface area contributed by atoms with Gasteiger partial charge in [0.05, 0.1) is 12.8 Å². The number of anilines is 2. The van der Waals surface area contributed by atoms with Crippen molar-refractivity contribution < 1.29 is 28.9 Å². The molecule has 0 saturated carbocycles. The minimum absolute atomic E-state index is 0.0425. The molecule has 286 valence electrons. The van der Waals surface area contributed by atoms with Crippen molar-refractivity contribution in [3.63, 3.8) is 0 Å². The van der Waals surface area contributed by atoms with Crippen LogP contribution in [0.1, 0.15) is 27.8 Å². The van der Waals surface area contributed by atoms with E-state index in [4.69, 9.17) is 14.2 Å². The molecule has 0 heterocycles. The second-order valence-electron chi connectivity index (χ2n) is 13.3. The number of para-hydroxylation sites is 2. The molecule has 8 nitrogen and oxygen atoms in total. The van der Waals surface area contributed by atoms with Crippen molar-refractivity contribution in [3.05, 3.63) is 204 Å². The van der Waals surface area contributed by atoms with Crippen LogP contribution in [-0.4, -0.2) is 16.9 Å². The van der Waals surface area contributed by atoms with Gasteiger partial charge in [-0.05, 0) is 127 Å². The smallest absolute Gasteiger partial charge is 0.228 e. The summed E-state index contributed by atoms with van der Waals surface area (Å²) in [5.41, 5.74) is 6.71. The highest BCUT2D eigenvalue weighted by atomic mass is 16.5. The summed E-state index contributed by atoms with van der Waals surface area (Å²) in [7, 11) is 0. The molecule has 7 aromatic carbocycles. The maximum absolute atomic E-state index is 12.3. The Balaban J connectivity index is 0.000000199. The predicted octanol–water partition coefficient (Wildman–Crippen LogP) is 11.2. The number of hydrogen-bond donors (Lipinski definition) is 3. The third-order valence-electron chi connectivity index (χ3n) is 8.79. The molecule has 7 rings (SSSR count). The Kier molecular flexibility index (Phi) is 13.7. The summed E-state index contributed by atoms with van der Waals surface area (Å²) in [6.45, 7) is 4.47. The molecule has 0 spiro atoms. The summed E-state index contributed by atoms with van der Waals surface area (Å²) in [5, 5.41) is 15.2. The van der Waals surface area contributed by atoms with Crippen LogP contribution in [0.4, 0.5) is 11.4 Å². The summed E-state index contributed by atoms with van der Waals surface area (Å²) >= 11 is 0. The maximum Gasteiger partial charge on any atom is 0.228 e. The number of hydrogen-bond acceptors (Lipinski definition) is 6. The fraction of sp³-hybridized carbons (Fsp3) is 0.102. The van der Waals surface area contributed by atoms with Crippen LogP contribution >= 0.6 is 0 Å². The monoisotopic (exact) mass is 756 g/mol. The topological polar surface area (TPSA) is 106 Å². The molecule has 0 saturated heterocycles. The van der Waals surface area contributed by atoms with Crippen molar-refractivity contribution in [1.82, 2.24) is 0 Å². The van der Waals surface area contributed by atoms with Crippen molar-refractivity contribution in [2.75, 3.05) is 10.6 Å². The molecule has 0 aromatic heterocycles. The standard InChI is InChI=1S/C28H25NO3.C21H19NO3/c1-21-7-5-6-10-27(21)29-28(30)19-22-11-13-25(14-12-22)32-26-17-15-24(16-18-26)31-20-23-8-3-2-4-9-23;1-15-4-2-3-5-20(15)22-21(24)14-16-6-10-18(11-7-16)25-19-12-8-17(23)9-13-19/h2-18H,19-20H2,1H3,(H,29,30);2-13,23H,14H2,1H3,(H,22,24). The molecule has 0 aliphatic heterocycles. The molecular formula is C49H44N2O6. The van der Waals surface area contributed by atoms with Gasteiger partial charge in [0.15, 0.2) is 0 Å². The third kappa shape index (κ3) is 12.6. The van der Waals surface area contributed by atoms with E-state index < -0.39 is 0 Å². The Bertz CT molecular complexity index is 2340. The van der Waals surface area contributed by atoms with Gasteiger partial charge in [0, 0.05) is 11.4 Å². The van der Waals surface area contributed by atoms with Crippen molar-refractivity contribution in [3.8, 4) is 34.5 Å². The second kappa shape index (κ2) is 19.8. The van der Waals surface area contributed by atoms with Crippen LogP contribution in [-0.2, 0) is 29.0 Å². The van der Waals surface area contributed by atoms with Crippen LogP contribution in [0.3, 0.4) is 0 Å². The Hall–Kier alpha value is -7.32. The first-order valence-electron chi connectivity index (χ1n) is 18.6. The summed E-state index contributed by atoms with van der Waals surface area (Å²) < 4.78 is 17.4. The molecule has 2 amide bonds. The number of benzene rings is 7. The van der Waals surface area contributed by atoms with Gasteiger partial charge in [-0.25, -0.2) is 0 Å². The van der Waals surface area contributed by atoms with E-state index in [2.05, 4.69) is 10.6 Å². The molecule has 0 radical (unpaired) electrons. The maximum atomic E-state index is 12.3. The van der Waals surface area contributed by atoms with Gasteiger partial charge in [0.2, 0.25) is 11.8 Å². The lowest BCUT2D eigenvalue weighted by Gasteiger charge is -2.10. The van der Waals surface area contributed by atoms with Gasteiger partial charge in [0.25, 0.3) is 0 Å². The minimum Gasteiger partial charge on any atom is -0.508 e. The Labute approximate surface area is 333 Å². The number of aryl methyl sites for hydroxylation is 2. The van der Waals surface area contributed by atoms with E-state index in [-0.39, 0.29) is 17.6 Å². The molecule has 0 fully saturated rings. The van der Waals surface area contributed by atoms with Crippen LogP contribution in [0, 0.1) is 13.8 Å². The predicted molar refractivity (Wildman–Crippen MR) is 225 cm³/mol. The summed E-state index contributed by atoms with van der Waals surface area (Å²) in [6.07, 6.45) is 0.607. The number of aromatic hydroxyl groups is 1. The van der Waals surface area contributed by atoms with Crippen LogP contribution < -0.4 is 24.8 Å². The average Bonchev–Trinajstić information content (AvgIpc) is 3.22. The van der Waals surface area contributed by atoms with E-state index >= 15 is 0 Å². The van der Waals surface area contributed by atoms with Gasteiger partial charge >= 0.3 is 0 Å². The van der Waals surface area contributed by atoms with Gasteiger partial charge in [0.1, 0.15) is 41.1 Å². The zero-order chi connectivity index (χ0) is 39.8. The van der Waals surface area contributed by atoms with Crippen LogP contribution in [0.2, 0.25) is 0 Å². The van der Waals surface area contributed by atoms with Crippen molar-refractivity contribution in [1.29, 1.82) is 0 Å². The number of carbonyl (C=O) groups excluding carboxylic acids is 2. The lowest BCUT2D eigenvalue weighted by atomic mass is 10.1. The van der Waals surface area contributed by atoms with E-state index in [1.165, 1.54) is 0 Å². The molecule has 8 heteroatoms. The zero-order valence-corrected chi connectivity index (χ0v) is 31.9. The van der Waals surface area contributed by atoms with E-state index in [0.29, 0.717) is 36.7 Å². The molecule has 3 N–H and O–H groups in total. The fourth-order valence-electron chi connectivity index (χ4n) is 5.67. The lowest BCUT2D eigenvalue weighted by Crippen LogP contribution is -2.15. The first-order valence-corrected chi connectivity index (χ1v) is 18.6. The first kappa shape index (κ1) is 39.4. The molecule has 7 aromatic rings. The van der Waals surface area contributed by atoms with Crippen molar-refractivity contribution in [2.45, 2.75) is 33.3 Å². The highest BCUT2D eigenvalue weighted by molar-refractivity contribution is 5.93. The number of nitrogens with one attached hydrogen (secondary N) is 2. The van der Waals surface area contributed by atoms with Crippen LogP contribution in [0.15, 0.2) is 176 Å². The summed E-state index contributed by atoms with van der Waals surface area (Å²) in [4.78, 5) is 24.5. The second-order valence-corrected chi connectivity index (χ2v) is 13.3. The molecule has 0 aliphatic rings. The Morgan fingerprint density at radius 3 is 1.25 bits per heavy atom. The van der Waals surface area contributed by atoms with E-state index in [9.17, 15) is 14.7 Å². The largest absolute Gasteiger partial charge is 0.508 e. The Morgan fingerprint density at radius 2 is 0.807 bits per heavy atom. The number of amides is 2. The van der Waals surface area contributed by atoms with E-state index in [0.717, 1.165) is 50.7 Å². The van der Waals surface area contributed by atoms with Gasteiger partial charge in [-0.1, -0.05) is 91.0 Å². The van der Waals surface area contributed by atoms with Crippen molar-refractivity contribution >= 4 is 23.2 Å². The molecule has 57 heavy (non-hydrogen) atoms. The normalized spacial score (nSPS) is 10.4. The highest BCUT2D eigenvalue weighted by Gasteiger charge is 2.08. The van der Waals surface area contributed by atoms with Crippen molar-refractivity contribution in [2.24, 2.45) is 0 Å².